The summed E-state index contributed by atoms with van der Waals surface area (Å²) >= 11 is 0. The third-order valence-corrected chi connectivity index (χ3v) is 6.63. The Hall–Kier alpha value is -2.72. The normalized spacial score (nSPS) is 24.0. The Morgan fingerprint density at radius 2 is 2.00 bits per heavy atom. The number of alkyl halides is 3. The average Bonchev–Trinajstić information content (AvgIpc) is 3.24. The predicted molar refractivity (Wildman–Crippen MR) is 123 cm³/mol. The fourth-order valence-corrected chi connectivity index (χ4v) is 5.23. The number of fused-ring (bicyclic) bond motifs is 2. The Kier molecular flexibility index (Phi) is 6.56. The van der Waals surface area contributed by atoms with Gasteiger partial charge in [-0.15, -0.1) is 0 Å². The molecule has 2 atom stereocenters. The second-order valence-corrected chi connectivity index (χ2v) is 10.4. The number of pyridine rings is 1. The van der Waals surface area contributed by atoms with E-state index in [1.807, 2.05) is 50.6 Å². The fraction of sp³-hybridized carbons (Fsp3) is 0.560. The van der Waals surface area contributed by atoms with Crippen molar-refractivity contribution >= 4 is 11.7 Å². The number of ketones is 1. The topological polar surface area (TPSA) is 76.5 Å². The van der Waals surface area contributed by atoms with Crippen LogP contribution in [0.4, 0.5) is 13.2 Å². The number of amides is 1. The summed E-state index contributed by atoms with van der Waals surface area (Å²) < 4.78 is 48.6. The lowest BCUT2D eigenvalue weighted by atomic mass is 9.75. The van der Waals surface area contributed by atoms with Crippen LogP contribution >= 0.6 is 0 Å². The summed E-state index contributed by atoms with van der Waals surface area (Å²) in [5.74, 6) is -2.61. The Labute approximate surface area is 202 Å². The van der Waals surface area contributed by atoms with Gasteiger partial charge in [-0.2, -0.15) is 13.2 Å². The number of aromatic nitrogens is 2. The zero-order valence-electron chi connectivity index (χ0n) is 20.4. The van der Waals surface area contributed by atoms with E-state index in [0.29, 0.717) is 19.6 Å². The fourth-order valence-electron chi connectivity index (χ4n) is 5.23. The second kappa shape index (κ2) is 9.05. The number of ether oxygens (including phenoxy) is 1. The summed E-state index contributed by atoms with van der Waals surface area (Å²) in [5, 5.41) is 3.51. The van der Waals surface area contributed by atoms with Crippen LogP contribution in [0, 0.1) is 0 Å². The van der Waals surface area contributed by atoms with Crippen molar-refractivity contribution in [1.82, 2.24) is 19.8 Å². The van der Waals surface area contributed by atoms with Crippen LogP contribution < -0.4 is 5.32 Å². The summed E-state index contributed by atoms with van der Waals surface area (Å²) in [4.78, 5) is 31.1. The minimum atomic E-state index is -5.07. The molecule has 0 radical (unpaired) electrons. The second-order valence-electron chi connectivity index (χ2n) is 10.4. The van der Waals surface area contributed by atoms with Crippen LogP contribution in [0.3, 0.4) is 0 Å². The minimum Gasteiger partial charge on any atom is -0.374 e. The molecule has 2 aromatic heterocycles. The molecule has 1 amide bonds. The van der Waals surface area contributed by atoms with Crippen molar-refractivity contribution in [2.75, 3.05) is 6.54 Å². The quantitative estimate of drug-likeness (QED) is 0.687. The van der Waals surface area contributed by atoms with Gasteiger partial charge in [-0.1, -0.05) is 6.07 Å². The number of carbonyl (C=O) groups excluding carboxylic acids is 2. The molecular formula is C25H31F3N4O3. The SMILES string of the molecule is CC(C)OCc1ccc(C(=O)N2CCC3(CC2C(=O)C(F)(F)F)NC(C)(C)Cn2cccc23)nc1. The molecule has 1 spiro atoms. The molecule has 190 valence electrons. The van der Waals surface area contributed by atoms with E-state index in [0.717, 1.165) is 16.2 Å². The van der Waals surface area contributed by atoms with Crippen molar-refractivity contribution in [3.05, 3.63) is 53.6 Å². The molecule has 1 fully saturated rings. The Balaban J connectivity index is 1.64. The van der Waals surface area contributed by atoms with Gasteiger partial charge in [0.15, 0.2) is 0 Å². The van der Waals surface area contributed by atoms with E-state index in [2.05, 4.69) is 10.3 Å². The zero-order valence-corrected chi connectivity index (χ0v) is 20.4. The molecule has 0 bridgehead atoms. The number of halogens is 3. The molecule has 0 saturated carbocycles. The molecule has 1 N–H and O–H groups in total. The van der Waals surface area contributed by atoms with Gasteiger partial charge in [0, 0.05) is 36.7 Å². The van der Waals surface area contributed by atoms with Crippen LogP contribution in [0.2, 0.25) is 0 Å². The smallest absolute Gasteiger partial charge is 0.374 e. The van der Waals surface area contributed by atoms with E-state index in [4.69, 9.17) is 4.74 Å². The van der Waals surface area contributed by atoms with E-state index < -0.39 is 35.0 Å². The molecular weight excluding hydrogens is 461 g/mol. The summed E-state index contributed by atoms with van der Waals surface area (Å²) in [6.45, 7) is 8.68. The average molecular weight is 493 g/mol. The van der Waals surface area contributed by atoms with E-state index >= 15 is 0 Å². The van der Waals surface area contributed by atoms with Gasteiger partial charge < -0.3 is 14.2 Å². The molecule has 2 aliphatic heterocycles. The molecule has 1 saturated heterocycles. The molecule has 7 nitrogen and oxygen atoms in total. The summed E-state index contributed by atoms with van der Waals surface area (Å²) in [6, 6.07) is 5.19. The number of piperidine rings is 1. The van der Waals surface area contributed by atoms with Crippen molar-refractivity contribution in [2.45, 2.75) is 83.1 Å². The van der Waals surface area contributed by atoms with Gasteiger partial charge >= 0.3 is 6.18 Å². The van der Waals surface area contributed by atoms with Gasteiger partial charge in [-0.25, -0.2) is 0 Å². The third-order valence-electron chi connectivity index (χ3n) is 6.63. The highest BCUT2D eigenvalue weighted by molar-refractivity contribution is 5.98. The van der Waals surface area contributed by atoms with E-state index in [1.54, 1.807) is 6.07 Å². The van der Waals surface area contributed by atoms with Crippen LogP contribution in [-0.2, 0) is 28.2 Å². The van der Waals surface area contributed by atoms with Crippen molar-refractivity contribution in [3.8, 4) is 0 Å². The number of hydrogen-bond donors (Lipinski definition) is 1. The number of Topliss-reactive ketones (excluding diaryl/α,β-unsaturated/α-hetero) is 1. The number of carbonyl (C=O) groups is 2. The highest BCUT2D eigenvalue weighted by Gasteiger charge is 2.55. The molecule has 10 heteroatoms. The van der Waals surface area contributed by atoms with Gasteiger partial charge in [-0.3, -0.25) is 19.9 Å². The van der Waals surface area contributed by atoms with Crippen molar-refractivity contribution < 1.29 is 27.5 Å². The number of nitrogens with zero attached hydrogens (tertiary/aromatic N) is 3. The maximum absolute atomic E-state index is 13.7. The first-order valence-corrected chi connectivity index (χ1v) is 11.7. The molecule has 4 rings (SSSR count). The lowest BCUT2D eigenvalue weighted by Crippen LogP contribution is -2.67. The van der Waals surface area contributed by atoms with E-state index in [1.165, 1.54) is 12.3 Å². The summed E-state index contributed by atoms with van der Waals surface area (Å²) in [6.07, 6.45) is -1.49. The van der Waals surface area contributed by atoms with Crippen molar-refractivity contribution in [2.24, 2.45) is 0 Å². The zero-order chi connectivity index (χ0) is 25.6. The van der Waals surface area contributed by atoms with Gasteiger partial charge in [0.1, 0.15) is 11.7 Å². The summed E-state index contributed by atoms with van der Waals surface area (Å²) in [5.41, 5.74) is 0.301. The molecule has 0 aromatic carbocycles. The molecule has 2 unspecified atom stereocenters. The van der Waals surface area contributed by atoms with E-state index in [-0.39, 0.29) is 24.8 Å². The largest absolute Gasteiger partial charge is 0.452 e. The lowest BCUT2D eigenvalue weighted by molar-refractivity contribution is -0.178. The highest BCUT2D eigenvalue weighted by Crippen LogP contribution is 2.42. The van der Waals surface area contributed by atoms with Crippen LogP contribution in [-0.4, -0.2) is 56.5 Å². The molecule has 35 heavy (non-hydrogen) atoms. The molecule has 0 aliphatic carbocycles. The predicted octanol–water partition coefficient (Wildman–Crippen LogP) is 3.82. The molecule has 4 heterocycles. The van der Waals surface area contributed by atoms with Crippen LogP contribution in [0.5, 0.6) is 0 Å². The van der Waals surface area contributed by atoms with Gasteiger partial charge in [0.05, 0.1) is 18.2 Å². The van der Waals surface area contributed by atoms with Crippen LogP contribution in [0.15, 0.2) is 36.7 Å². The Bertz CT molecular complexity index is 1090. The number of nitrogens with one attached hydrogen (secondary N) is 1. The monoisotopic (exact) mass is 492 g/mol. The highest BCUT2D eigenvalue weighted by atomic mass is 19.4. The standard InChI is InChI=1S/C25H31F3N4O3/c1-16(2)35-14-17-7-8-18(29-13-17)22(34)32-11-9-24(12-19(32)21(33)25(26,27)28)20-6-5-10-31(20)15-23(3,4)30-24/h5-8,10,13,16,19,30H,9,11-12,14-15H2,1-4H3. The third kappa shape index (κ3) is 5.13. The van der Waals surface area contributed by atoms with Gasteiger partial charge in [0.25, 0.3) is 11.7 Å². The van der Waals surface area contributed by atoms with E-state index in [9.17, 15) is 22.8 Å². The van der Waals surface area contributed by atoms with Gasteiger partial charge in [-0.05, 0) is 64.3 Å². The maximum Gasteiger partial charge on any atom is 0.452 e. The lowest BCUT2D eigenvalue weighted by Gasteiger charge is -2.53. The molecule has 2 aliphatic rings. The van der Waals surface area contributed by atoms with Crippen molar-refractivity contribution in [1.29, 1.82) is 0 Å². The maximum atomic E-state index is 13.7. The number of likely N-dealkylation sites (tertiary alicyclic amines) is 1. The molecule has 2 aromatic rings. The first-order chi connectivity index (χ1) is 16.3. The Morgan fingerprint density at radius 3 is 2.63 bits per heavy atom. The number of hydrogen-bond acceptors (Lipinski definition) is 5. The first-order valence-electron chi connectivity index (χ1n) is 11.7. The van der Waals surface area contributed by atoms with Gasteiger partial charge in [0.2, 0.25) is 0 Å². The minimum absolute atomic E-state index is 0.00507. The number of rotatable bonds is 5. The van der Waals surface area contributed by atoms with Crippen LogP contribution in [0.25, 0.3) is 0 Å². The van der Waals surface area contributed by atoms with Crippen molar-refractivity contribution in [3.63, 3.8) is 0 Å². The Morgan fingerprint density at radius 1 is 1.26 bits per heavy atom. The first kappa shape index (κ1) is 25.4. The van der Waals surface area contributed by atoms with Crippen LogP contribution in [0.1, 0.15) is 62.3 Å². The summed E-state index contributed by atoms with van der Waals surface area (Å²) in [7, 11) is 0.